The second kappa shape index (κ2) is 12.2. The van der Waals surface area contributed by atoms with Crippen molar-refractivity contribution >= 4 is 12.3 Å². The maximum Gasteiger partial charge on any atom is 0.333 e. The molecule has 0 N–H and O–H groups in total. The molecule has 0 aromatic heterocycles. The summed E-state index contributed by atoms with van der Waals surface area (Å²) in [7, 11) is 0. The second-order valence-electron chi connectivity index (χ2n) is 3.38. The molecule has 0 atom stereocenters. The van der Waals surface area contributed by atoms with Gasteiger partial charge < -0.3 is 23.7 Å². The third-order valence-corrected chi connectivity index (χ3v) is 1.74. The van der Waals surface area contributed by atoms with Crippen LogP contribution in [-0.2, 0) is 28.5 Å². The van der Waals surface area contributed by atoms with Crippen LogP contribution < -0.4 is 0 Å². The van der Waals surface area contributed by atoms with Crippen molar-refractivity contribution < 1.29 is 28.5 Å². The zero-order valence-corrected chi connectivity index (χ0v) is 10.7. The number of carbonyl (C=O) groups excluding carboxylic acids is 2. The fraction of sp³-hybridized carbons (Fsp3) is 0.667. The van der Waals surface area contributed by atoms with Crippen molar-refractivity contribution in [3.8, 4) is 0 Å². The first-order chi connectivity index (χ1) is 8.68. The highest BCUT2D eigenvalue weighted by Gasteiger charge is 2.01. The summed E-state index contributed by atoms with van der Waals surface area (Å²) in [4.78, 5) is 20.9. The van der Waals surface area contributed by atoms with Crippen LogP contribution in [0.4, 0.5) is 0 Å². The summed E-state index contributed by atoms with van der Waals surface area (Å²) < 4.78 is 20.0. The van der Waals surface area contributed by atoms with Gasteiger partial charge in [0.1, 0.15) is 19.5 Å². The van der Waals surface area contributed by atoms with Crippen LogP contribution in [-0.4, -0.2) is 58.5 Å². The molecule has 0 aromatic rings. The lowest BCUT2D eigenvalue weighted by molar-refractivity contribution is -0.140. The summed E-state index contributed by atoms with van der Waals surface area (Å²) in [6.45, 7) is 7.31. The van der Waals surface area contributed by atoms with E-state index in [1.165, 1.54) is 0 Å². The molecule has 0 spiro atoms. The molecule has 0 aliphatic carbocycles. The van der Waals surface area contributed by atoms with Crippen molar-refractivity contribution in [1.82, 2.24) is 0 Å². The molecule has 0 rings (SSSR count). The van der Waals surface area contributed by atoms with Gasteiger partial charge in [-0.15, -0.1) is 0 Å². The highest BCUT2D eigenvalue weighted by atomic mass is 16.6. The molecule has 6 nitrogen and oxygen atoms in total. The van der Waals surface area contributed by atoms with Crippen LogP contribution >= 0.6 is 0 Å². The lowest BCUT2D eigenvalue weighted by Gasteiger charge is -2.06. The zero-order valence-electron chi connectivity index (χ0n) is 10.7. The summed E-state index contributed by atoms with van der Waals surface area (Å²) in [5, 5.41) is 0. The summed E-state index contributed by atoms with van der Waals surface area (Å²) in [6, 6.07) is 0. The Morgan fingerprint density at radius 2 is 1.50 bits per heavy atom. The van der Waals surface area contributed by atoms with Crippen LogP contribution in [0, 0.1) is 0 Å². The molecule has 6 heteroatoms. The number of esters is 1. The predicted octanol–water partition coefficient (Wildman–Crippen LogP) is 0.354. The Labute approximate surface area is 107 Å². The van der Waals surface area contributed by atoms with Crippen molar-refractivity contribution in [2.45, 2.75) is 6.92 Å². The van der Waals surface area contributed by atoms with Gasteiger partial charge in [-0.25, -0.2) is 4.79 Å². The average Bonchev–Trinajstić information content (AvgIpc) is 2.35. The number of aldehydes is 1. The van der Waals surface area contributed by atoms with E-state index in [1.54, 1.807) is 6.92 Å². The van der Waals surface area contributed by atoms with Crippen LogP contribution in [0.15, 0.2) is 12.2 Å². The van der Waals surface area contributed by atoms with E-state index in [0.29, 0.717) is 44.9 Å². The quantitative estimate of drug-likeness (QED) is 0.218. The largest absolute Gasteiger partial charge is 0.460 e. The molecule has 0 heterocycles. The smallest absolute Gasteiger partial charge is 0.333 e. The van der Waals surface area contributed by atoms with Gasteiger partial charge in [-0.1, -0.05) is 6.58 Å². The fourth-order valence-electron chi connectivity index (χ4n) is 0.888. The maximum absolute atomic E-state index is 11.0. The zero-order chi connectivity index (χ0) is 13.6. The Morgan fingerprint density at radius 3 is 2.00 bits per heavy atom. The third kappa shape index (κ3) is 11.3. The molecule has 0 amide bonds. The van der Waals surface area contributed by atoms with Gasteiger partial charge in [0.15, 0.2) is 0 Å². The first-order valence-electron chi connectivity index (χ1n) is 5.68. The molecule has 0 bridgehead atoms. The van der Waals surface area contributed by atoms with Crippen molar-refractivity contribution in [3.05, 3.63) is 12.2 Å². The van der Waals surface area contributed by atoms with Gasteiger partial charge >= 0.3 is 5.97 Å². The van der Waals surface area contributed by atoms with E-state index in [9.17, 15) is 9.59 Å². The number of carbonyl (C=O) groups is 2. The minimum Gasteiger partial charge on any atom is -0.460 e. The molecule has 0 aliphatic heterocycles. The van der Waals surface area contributed by atoms with Crippen molar-refractivity contribution in [3.63, 3.8) is 0 Å². The molecule has 0 unspecified atom stereocenters. The van der Waals surface area contributed by atoms with Crippen LogP contribution in [0.3, 0.4) is 0 Å². The van der Waals surface area contributed by atoms with Gasteiger partial charge in [0.2, 0.25) is 0 Å². The second-order valence-corrected chi connectivity index (χ2v) is 3.38. The van der Waals surface area contributed by atoms with E-state index in [0.717, 1.165) is 0 Å². The number of hydrogen-bond donors (Lipinski definition) is 0. The van der Waals surface area contributed by atoms with Crippen molar-refractivity contribution in [1.29, 1.82) is 0 Å². The number of ether oxygens (including phenoxy) is 4. The molecule has 18 heavy (non-hydrogen) atoms. The van der Waals surface area contributed by atoms with Gasteiger partial charge in [0.05, 0.1) is 33.0 Å². The van der Waals surface area contributed by atoms with E-state index in [4.69, 9.17) is 18.9 Å². The number of hydrogen-bond acceptors (Lipinski definition) is 6. The maximum atomic E-state index is 11.0. The molecule has 0 fully saturated rings. The Morgan fingerprint density at radius 1 is 1.00 bits per heavy atom. The first-order valence-corrected chi connectivity index (χ1v) is 5.68. The van der Waals surface area contributed by atoms with Gasteiger partial charge in [0.25, 0.3) is 0 Å². The fourth-order valence-corrected chi connectivity index (χ4v) is 0.888. The van der Waals surface area contributed by atoms with Gasteiger partial charge in [-0.05, 0) is 6.92 Å². The van der Waals surface area contributed by atoms with Crippen LogP contribution in [0.1, 0.15) is 6.92 Å². The highest BCUT2D eigenvalue weighted by molar-refractivity contribution is 5.86. The van der Waals surface area contributed by atoms with Gasteiger partial charge in [0, 0.05) is 5.57 Å². The first kappa shape index (κ1) is 16.8. The standard InChI is InChI=1S/C12H20O6/c1-11(2)12(14)18-10-9-17-8-7-16-6-5-15-4-3-13/h3H,1,4-10H2,2H3. The van der Waals surface area contributed by atoms with Crippen molar-refractivity contribution in [2.75, 3.05) is 46.2 Å². The van der Waals surface area contributed by atoms with E-state index in [2.05, 4.69) is 6.58 Å². The molecule has 0 aliphatic rings. The normalized spacial score (nSPS) is 10.1. The lowest BCUT2D eigenvalue weighted by atomic mass is 10.4. The molecule has 104 valence electrons. The predicted molar refractivity (Wildman–Crippen MR) is 64.3 cm³/mol. The highest BCUT2D eigenvalue weighted by Crippen LogP contribution is 1.91. The summed E-state index contributed by atoms with van der Waals surface area (Å²) in [5.74, 6) is -0.415. The van der Waals surface area contributed by atoms with Crippen molar-refractivity contribution in [2.24, 2.45) is 0 Å². The molecule has 0 saturated carbocycles. The van der Waals surface area contributed by atoms with Gasteiger partial charge in [-0.3, -0.25) is 0 Å². The monoisotopic (exact) mass is 260 g/mol. The average molecular weight is 260 g/mol. The molecule has 0 radical (unpaired) electrons. The summed E-state index contributed by atoms with van der Waals surface area (Å²) >= 11 is 0. The van der Waals surface area contributed by atoms with E-state index >= 15 is 0 Å². The van der Waals surface area contributed by atoms with Crippen LogP contribution in [0.25, 0.3) is 0 Å². The Bertz CT molecular complexity index is 251. The lowest BCUT2D eigenvalue weighted by Crippen LogP contribution is -2.14. The Balaban J connectivity index is 3.10. The van der Waals surface area contributed by atoms with Crippen LogP contribution in [0.2, 0.25) is 0 Å². The molecular formula is C12H20O6. The summed E-state index contributed by atoms with van der Waals surface area (Å²) in [5.41, 5.74) is 0.369. The molecule has 0 aromatic carbocycles. The molecular weight excluding hydrogens is 240 g/mol. The minimum absolute atomic E-state index is 0.0912. The third-order valence-electron chi connectivity index (χ3n) is 1.74. The minimum atomic E-state index is -0.415. The van der Waals surface area contributed by atoms with Gasteiger partial charge in [-0.2, -0.15) is 0 Å². The van der Waals surface area contributed by atoms with E-state index in [-0.39, 0.29) is 13.2 Å². The Kier molecular flexibility index (Phi) is 11.4. The van der Waals surface area contributed by atoms with E-state index < -0.39 is 5.97 Å². The number of rotatable bonds is 12. The molecule has 0 saturated heterocycles. The topological polar surface area (TPSA) is 71.1 Å². The SMILES string of the molecule is C=C(C)C(=O)OCCOCCOCCOCC=O. The Hall–Kier alpha value is -1.24. The van der Waals surface area contributed by atoms with E-state index in [1.807, 2.05) is 0 Å². The van der Waals surface area contributed by atoms with Crippen LogP contribution in [0.5, 0.6) is 0 Å². The summed E-state index contributed by atoms with van der Waals surface area (Å²) in [6.07, 6.45) is 0.690.